The fraction of sp³-hybridized carbons (Fsp3) is 0.263. The van der Waals surface area contributed by atoms with Crippen molar-refractivity contribution in [1.29, 1.82) is 0 Å². The number of methoxy groups -OCH3 is 1. The molecule has 1 unspecified atom stereocenters. The van der Waals surface area contributed by atoms with E-state index in [9.17, 15) is 18.4 Å². The van der Waals surface area contributed by atoms with Crippen LogP contribution in [0, 0.1) is 0 Å². The molecule has 0 aromatic heterocycles. The average molecular weight is 376 g/mol. The lowest BCUT2D eigenvalue weighted by molar-refractivity contribution is -0.122. The van der Waals surface area contributed by atoms with Crippen molar-refractivity contribution in [2.45, 2.75) is 25.5 Å². The number of ether oxygens (including phenoxy) is 2. The lowest BCUT2D eigenvalue weighted by atomic mass is 10.0. The summed E-state index contributed by atoms with van der Waals surface area (Å²) in [6, 6.07) is 10.6. The third-order valence-corrected chi connectivity index (χ3v) is 4.18. The third kappa shape index (κ3) is 4.52. The van der Waals surface area contributed by atoms with Gasteiger partial charge in [-0.2, -0.15) is 8.78 Å². The van der Waals surface area contributed by atoms with Gasteiger partial charge in [0.1, 0.15) is 17.5 Å². The van der Waals surface area contributed by atoms with Gasteiger partial charge in [-0.05, 0) is 42.3 Å². The summed E-state index contributed by atoms with van der Waals surface area (Å²) in [5.74, 6) is 0.0812. The Bertz CT molecular complexity index is 840. The Hall–Kier alpha value is -3.16. The average Bonchev–Trinajstić information content (AvgIpc) is 3.09. The van der Waals surface area contributed by atoms with Gasteiger partial charge in [-0.3, -0.25) is 9.59 Å². The van der Waals surface area contributed by atoms with Crippen LogP contribution < -0.4 is 20.1 Å². The molecule has 0 saturated carbocycles. The first-order valence-electron chi connectivity index (χ1n) is 8.30. The number of hydrogen-bond acceptors (Lipinski definition) is 4. The van der Waals surface area contributed by atoms with Crippen molar-refractivity contribution in [3.63, 3.8) is 0 Å². The normalized spacial score (nSPS) is 16.1. The molecule has 0 aliphatic carbocycles. The van der Waals surface area contributed by atoms with Crippen molar-refractivity contribution in [3.8, 4) is 22.6 Å². The van der Waals surface area contributed by atoms with E-state index in [1.165, 1.54) is 19.2 Å². The van der Waals surface area contributed by atoms with Gasteiger partial charge in [0.15, 0.2) is 0 Å². The number of anilines is 1. The quantitative estimate of drug-likeness (QED) is 0.812. The van der Waals surface area contributed by atoms with Crippen molar-refractivity contribution in [2.24, 2.45) is 0 Å². The van der Waals surface area contributed by atoms with Gasteiger partial charge >= 0.3 is 6.61 Å². The Balaban J connectivity index is 1.87. The van der Waals surface area contributed by atoms with Crippen LogP contribution in [0.1, 0.15) is 12.8 Å². The molecule has 2 N–H and O–H groups in total. The van der Waals surface area contributed by atoms with E-state index in [0.29, 0.717) is 35.4 Å². The molecule has 3 rings (SSSR count). The van der Waals surface area contributed by atoms with Crippen LogP contribution in [0.4, 0.5) is 14.5 Å². The first-order valence-corrected chi connectivity index (χ1v) is 8.30. The van der Waals surface area contributed by atoms with Crippen molar-refractivity contribution >= 4 is 17.5 Å². The van der Waals surface area contributed by atoms with E-state index >= 15 is 0 Å². The maximum atomic E-state index is 12.7. The Morgan fingerprint density at radius 1 is 1.22 bits per heavy atom. The number of carbonyl (C=O) groups is 2. The van der Waals surface area contributed by atoms with Crippen LogP contribution in [-0.4, -0.2) is 31.6 Å². The largest absolute Gasteiger partial charge is 0.497 e. The molecule has 6 nitrogen and oxygen atoms in total. The molecule has 2 aromatic carbocycles. The van der Waals surface area contributed by atoms with Crippen LogP contribution in [0.2, 0.25) is 0 Å². The molecule has 0 spiro atoms. The van der Waals surface area contributed by atoms with E-state index in [0.717, 1.165) is 0 Å². The molecule has 1 aliphatic rings. The van der Waals surface area contributed by atoms with Gasteiger partial charge in [0, 0.05) is 17.7 Å². The third-order valence-electron chi connectivity index (χ3n) is 4.18. The predicted molar refractivity (Wildman–Crippen MR) is 94.9 cm³/mol. The Kier molecular flexibility index (Phi) is 5.54. The van der Waals surface area contributed by atoms with Crippen LogP contribution in [0.25, 0.3) is 11.1 Å². The molecule has 1 saturated heterocycles. The molecule has 1 fully saturated rings. The summed E-state index contributed by atoms with van der Waals surface area (Å²) >= 11 is 0. The molecule has 2 aromatic rings. The van der Waals surface area contributed by atoms with Crippen molar-refractivity contribution < 1.29 is 27.8 Å². The molecule has 0 bridgehead atoms. The smallest absolute Gasteiger partial charge is 0.387 e. The zero-order valence-electron chi connectivity index (χ0n) is 14.5. The molecule has 2 amide bonds. The maximum Gasteiger partial charge on any atom is 0.387 e. The number of benzene rings is 2. The minimum Gasteiger partial charge on any atom is -0.497 e. The van der Waals surface area contributed by atoms with Gasteiger partial charge in [-0.15, -0.1) is 0 Å². The van der Waals surface area contributed by atoms with Crippen LogP contribution >= 0.6 is 0 Å². The van der Waals surface area contributed by atoms with Crippen LogP contribution in [0.15, 0.2) is 42.5 Å². The Labute approximate surface area is 154 Å². The zero-order valence-corrected chi connectivity index (χ0v) is 14.5. The topological polar surface area (TPSA) is 76.7 Å². The van der Waals surface area contributed by atoms with Crippen molar-refractivity contribution in [1.82, 2.24) is 5.32 Å². The number of alkyl halides is 2. The van der Waals surface area contributed by atoms with E-state index in [2.05, 4.69) is 15.4 Å². The second-order valence-electron chi connectivity index (χ2n) is 5.97. The molecular weight excluding hydrogens is 358 g/mol. The summed E-state index contributed by atoms with van der Waals surface area (Å²) in [6.07, 6.45) is 0.721. The van der Waals surface area contributed by atoms with Gasteiger partial charge < -0.3 is 20.1 Å². The fourth-order valence-electron chi connectivity index (χ4n) is 2.84. The Morgan fingerprint density at radius 3 is 2.56 bits per heavy atom. The number of rotatable bonds is 6. The molecule has 142 valence electrons. The second kappa shape index (κ2) is 8.03. The van der Waals surface area contributed by atoms with Crippen LogP contribution in [0.5, 0.6) is 11.5 Å². The van der Waals surface area contributed by atoms with E-state index in [1.54, 1.807) is 30.3 Å². The highest BCUT2D eigenvalue weighted by Gasteiger charge is 2.27. The minimum absolute atomic E-state index is 0.0117. The highest BCUT2D eigenvalue weighted by Crippen LogP contribution is 2.34. The lowest BCUT2D eigenvalue weighted by Crippen LogP contribution is -2.37. The predicted octanol–water partition coefficient (Wildman–Crippen LogP) is 3.18. The van der Waals surface area contributed by atoms with Crippen molar-refractivity contribution in [2.75, 3.05) is 12.4 Å². The fourth-order valence-corrected chi connectivity index (χ4v) is 2.84. The summed E-state index contributed by atoms with van der Waals surface area (Å²) < 4.78 is 35.2. The molecule has 1 aliphatic heterocycles. The highest BCUT2D eigenvalue weighted by atomic mass is 19.3. The van der Waals surface area contributed by atoms with Gasteiger partial charge in [-0.25, -0.2) is 0 Å². The summed E-state index contributed by atoms with van der Waals surface area (Å²) in [6.45, 7) is -2.98. The summed E-state index contributed by atoms with van der Waals surface area (Å²) in [5.41, 5.74) is 1.43. The number of carbonyl (C=O) groups excluding carboxylic acids is 2. The summed E-state index contributed by atoms with van der Waals surface area (Å²) in [5, 5.41) is 5.28. The first-order chi connectivity index (χ1) is 13.0. The second-order valence-corrected chi connectivity index (χ2v) is 5.97. The van der Waals surface area contributed by atoms with E-state index in [1.807, 2.05) is 0 Å². The number of halogens is 2. The zero-order chi connectivity index (χ0) is 19.4. The van der Waals surface area contributed by atoms with E-state index < -0.39 is 12.7 Å². The molecule has 27 heavy (non-hydrogen) atoms. The molecule has 1 heterocycles. The van der Waals surface area contributed by atoms with Gasteiger partial charge in [0.05, 0.1) is 7.11 Å². The van der Waals surface area contributed by atoms with E-state index in [-0.39, 0.29) is 17.6 Å². The molecular formula is C19H18F2N2O4. The molecule has 0 radical (unpaired) electrons. The van der Waals surface area contributed by atoms with E-state index in [4.69, 9.17) is 4.74 Å². The molecule has 1 atom stereocenters. The highest BCUT2D eigenvalue weighted by molar-refractivity contribution is 5.99. The van der Waals surface area contributed by atoms with Crippen molar-refractivity contribution in [3.05, 3.63) is 42.5 Å². The summed E-state index contributed by atoms with van der Waals surface area (Å²) in [7, 11) is 1.53. The first kappa shape index (κ1) is 18.6. The van der Waals surface area contributed by atoms with Gasteiger partial charge in [0.25, 0.3) is 0 Å². The summed E-state index contributed by atoms with van der Waals surface area (Å²) in [4.78, 5) is 23.5. The standard InChI is InChI=1S/C19H18F2N2O4/c1-26-13-5-2-11(3-6-13)14-10-12(4-8-16(14)27-19(20)21)22-18(25)15-7-9-17(24)23-15/h2-6,8,10,15,19H,7,9H2,1H3,(H,22,25)(H,23,24). The lowest BCUT2D eigenvalue weighted by Gasteiger charge is -2.15. The SMILES string of the molecule is COc1ccc(-c2cc(NC(=O)C3CCC(=O)N3)ccc2OC(F)F)cc1. The minimum atomic E-state index is -2.98. The van der Waals surface area contributed by atoms with Gasteiger partial charge in [0.2, 0.25) is 11.8 Å². The molecule has 8 heteroatoms. The number of hydrogen-bond donors (Lipinski definition) is 2. The number of nitrogens with one attached hydrogen (secondary N) is 2. The number of amides is 2. The maximum absolute atomic E-state index is 12.7. The monoisotopic (exact) mass is 376 g/mol. The van der Waals surface area contributed by atoms with Gasteiger partial charge in [-0.1, -0.05) is 12.1 Å². The Morgan fingerprint density at radius 2 is 1.96 bits per heavy atom. The van der Waals surface area contributed by atoms with Crippen LogP contribution in [0.3, 0.4) is 0 Å². The van der Waals surface area contributed by atoms with Crippen LogP contribution in [-0.2, 0) is 9.59 Å².